The summed E-state index contributed by atoms with van der Waals surface area (Å²) in [4.78, 5) is 0. The van der Waals surface area contributed by atoms with E-state index in [1.165, 1.54) is 0 Å². The van der Waals surface area contributed by atoms with Crippen LogP contribution in [0.4, 0.5) is 8.78 Å². The average Bonchev–Trinajstić information content (AvgIpc) is 2.25. The molecule has 0 aromatic rings. The molecule has 102 valence electrons. The van der Waals surface area contributed by atoms with Crippen molar-refractivity contribution in [2.75, 3.05) is 6.61 Å². The van der Waals surface area contributed by atoms with Gasteiger partial charge < -0.3 is 4.74 Å². The van der Waals surface area contributed by atoms with E-state index >= 15 is 0 Å². The lowest BCUT2D eigenvalue weighted by molar-refractivity contribution is -0.276. The highest BCUT2D eigenvalue weighted by Crippen LogP contribution is 2.37. The molecule has 0 aromatic carbocycles. The first-order valence-electron chi connectivity index (χ1n) is 6.83. The maximum atomic E-state index is 13.7. The third-order valence-electron chi connectivity index (χ3n) is 3.45. The fourth-order valence-electron chi connectivity index (χ4n) is 2.37. The van der Waals surface area contributed by atoms with Crippen molar-refractivity contribution in [3.05, 3.63) is 0 Å². The zero-order chi connectivity index (χ0) is 12.9. The van der Waals surface area contributed by atoms with Gasteiger partial charge in [0.25, 0.3) is 0 Å². The molecule has 0 heterocycles. The molecule has 1 fully saturated rings. The average molecular weight is 264 g/mol. The Bertz CT molecular complexity index is 220. The standard InChI is InChI=1S/C13H26F2OSi/c1-17(2,3)11-7-10-16-13(14,15)12-8-5-4-6-9-12/h12H,4-11H2,1-3H3. The van der Waals surface area contributed by atoms with Crippen LogP contribution in [0.2, 0.25) is 25.7 Å². The molecule has 17 heavy (non-hydrogen) atoms. The molecule has 0 N–H and O–H groups in total. The number of ether oxygens (including phenoxy) is 1. The van der Waals surface area contributed by atoms with Gasteiger partial charge in [0, 0.05) is 8.07 Å². The summed E-state index contributed by atoms with van der Waals surface area (Å²) in [5, 5.41) is 0. The Balaban J connectivity index is 2.24. The zero-order valence-electron chi connectivity index (χ0n) is 11.4. The van der Waals surface area contributed by atoms with Crippen LogP contribution in [0.1, 0.15) is 38.5 Å². The molecule has 0 spiro atoms. The van der Waals surface area contributed by atoms with Crippen LogP contribution in [0.25, 0.3) is 0 Å². The molecule has 1 rings (SSSR count). The van der Waals surface area contributed by atoms with Crippen LogP contribution in [0.5, 0.6) is 0 Å². The molecular weight excluding hydrogens is 238 g/mol. The molecule has 1 aliphatic carbocycles. The minimum atomic E-state index is -2.89. The summed E-state index contributed by atoms with van der Waals surface area (Å²) in [6.45, 7) is 6.98. The normalized spacial score (nSPS) is 19.6. The molecule has 0 aromatic heterocycles. The van der Waals surface area contributed by atoms with E-state index < -0.39 is 20.1 Å². The minimum absolute atomic E-state index is 0.216. The monoisotopic (exact) mass is 264 g/mol. The van der Waals surface area contributed by atoms with Gasteiger partial charge in [-0.2, -0.15) is 8.78 Å². The van der Waals surface area contributed by atoms with Crippen molar-refractivity contribution in [2.24, 2.45) is 5.92 Å². The highest BCUT2D eigenvalue weighted by molar-refractivity contribution is 6.76. The van der Waals surface area contributed by atoms with E-state index in [1.807, 2.05) is 0 Å². The molecular formula is C13H26F2OSi. The Morgan fingerprint density at radius 2 is 1.71 bits per heavy atom. The maximum absolute atomic E-state index is 13.7. The quantitative estimate of drug-likeness (QED) is 0.489. The maximum Gasteiger partial charge on any atom is 0.358 e. The Labute approximate surface area is 105 Å². The van der Waals surface area contributed by atoms with Crippen LogP contribution < -0.4 is 0 Å². The van der Waals surface area contributed by atoms with Crippen molar-refractivity contribution < 1.29 is 13.5 Å². The highest BCUT2D eigenvalue weighted by Gasteiger charge is 2.40. The summed E-state index contributed by atoms with van der Waals surface area (Å²) in [5.74, 6) is -0.539. The van der Waals surface area contributed by atoms with E-state index in [0.717, 1.165) is 31.7 Å². The molecule has 0 radical (unpaired) electrons. The number of rotatable bonds is 6. The molecule has 0 bridgehead atoms. The lowest BCUT2D eigenvalue weighted by Crippen LogP contribution is -2.33. The van der Waals surface area contributed by atoms with Gasteiger partial charge >= 0.3 is 6.11 Å². The van der Waals surface area contributed by atoms with Crippen LogP contribution in [0.3, 0.4) is 0 Å². The minimum Gasteiger partial charge on any atom is -0.320 e. The first-order chi connectivity index (χ1) is 7.81. The predicted octanol–water partition coefficient (Wildman–Crippen LogP) is 4.90. The van der Waals surface area contributed by atoms with Gasteiger partial charge in [0.15, 0.2) is 0 Å². The van der Waals surface area contributed by atoms with E-state index in [2.05, 4.69) is 19.6 Å². The Kier molecular flexibility index (Phi) is 5.57. The lowest BCUT2D eigenvalue weighted by Gasteiger charge is -2.29. The smallest absolute Gasteiger partial charge is 0.320 e. The van der Waals surface area contributed by atoms with Gasteiger partial charge in [0.05, 0.1) is 12.5 Å². The van der Waals surface area contributed by atoms with E-state index in [4.69, 9.17) is 4.74 Å². The molecule has 0 unspecified atom stereocenters. The summed E-state index contributed by atoms with van der Waals surface area (Å²) in [6, 6.07) is 1.06. The van der Waals surface area contributed by atoms with Crippen molar-refractivity contribution >= 4 is 8.07 Å². The number of halogens is 2. The van der Waals surface area contributed by atoms with Crippen LogP contribution in [-0.4, -0.2) is 20.8 Å². The summed E-state index contributed by atoms with van der Waals surface area (Å²) in [5.41, 5.74) is 0. The SMILES string of the molecule is C[Si](C)(C)CCCOC(F)(F)C1CCCCC1. The fourth-order valence-corrected chi connectivity index (χ4v) is 3.57. The Morgan fingerprint density at radius 3 is 2.24 bits per heavy atom. The van der Waals surface area contributed by atoms with Crippen LogP contribution in [0.15, 0.2) is 0 Å². The third-order valence-corrected chi connectivity index (χ3v) is 5.30. The van der Waals surface area contributed by atoms with E-state index in [0.29, 0.717) is 12.8 Å². The van der Waals surface area contributed by atoms with Gasteiger partial charge in [-0.3, -0.25) is 0 Å². The van der Waals surface area contributed by atoms with Gasteiger partial charge in [0.2, 0.25) is 0 Å². The molecule has 0 aliphatic heterocycles. The second-order valence-corrected chi connectivity index (χ2v) is 12.0. The first-order valence-corrected chi connectivity index (χ1v) is 10.5. The zero-order valence-corrected chi connectivity index (χ0v) is 12.4. The number of alkyl halides is 2. The van der Waals surface area contributed by atoms with Crippen molar-refractivity contribution in [2.45, 2.75) is 70.3 Å². The van der Waals surface area contributed by atoms with Crippen molar-refractivity contribution in [3.8, 4) is 0 Å². The van der Waals surface area contributed by atoms with Crippen LogP contribution in [-0.2, 0) is 4.74 Å². The summed E-state index contributed by atoms with van der Waals surface area (Å²) >= 11 is 0. The third kappa shape index (κ3) is 5.95. The second-order valence-electron chi connectivity index (χ2n) is 6.41. The molecule has 0 saturated heterocycles. The van der Waals surface area contributed by atoms with E-state index in [9.17, 15) is 8.78 Å². The fraction of sp³-hybridized carbons (Fsp3) is 1.00. The van der Waals surface area contributed by atoms with Gasteiger partial charge in [-0.15, -0.1) is 0 Å². The molecule has 0 atom stereocenters. The summed E-state index contributed by atoms with van der Waals surface area (Å²) < 4.78 is 32.3. The first kappa shape index (κ1) is 15.1. The van der Waals surface area contributed by atoms with Crippen LogP contribution in [0, 0.1) is 5.92 Å². The van der Waals surface area contributed by atoms with E-state index in [-0.39, 0.29) is 6.61 Å². The van der Waals surface area contributed by atoms with Crippen molar-refractivity contribution in [3.63, 3.8) is 0 Å². The van der Waals surface area contributed by atoms with Crippen LogP contribution >= 0.6 is 0 Å². The summed E-state index contributed by atoms with van der Waals surface area (Å²) in [7, 11) is -1.12. The molecule has 1 saturated carbocycles. The molecule has 1 aliphatic rings. The largest absolute Gasteiger partial charge is 0.358 e. The van der Waals surface area contributed by atoms with Gasteiger partial charge in [-0.05, 0) is 19.3 Å². The molecule has 1 nitrogen and oxygen atoms in total. The number of hydrogen-bond acceptors (Lipinski definition) is 1. The highest BCUT2D eigenvalue weighted by atomic mass is 28.3. The van der Waals surface area contributed by atoms with Crippen molar-refractivity contribution in [1.29, 1.82) is 0 Å². The van der Waals surface area contributed by atoms with Gasteiger partial charge in [-0.1, -0.05) is 44.9 Å². The molecule has 4 heteroatoms. The van der Waals surface area contributed by atoms with Crippen molar-refractivity contribution in [1.82, 2.24) is 0 Å². The Morgan fingerprint density at radius 1 is 1.12 bits per heavy atom. The topological polar surface area (TPSA) is 9.23 Å². The predicted molar refractivity (Wildman–Crippen MR) is 70.2 cm³/mol. The van der Waals surface area contributed by atoms with Gasteiger partial charge in [0.1, 0.15) is 0 Å². The second kappa shape index (κ2) is 6.28. The Hall–Kier alpha value is 0.0369. The van der Waals surface area contributed by atoms with Gasteiger partial charge in [-0.25, -0.2) is 0 Å². The summed E-state index contributed by atoms with van der Waals surface area (Å²) in [6.07, 6.45) is 2.10. The molecule has 0 amide bonds. The lowest BCUT2D eigenvalue weighted by atomic mass is 9.88. The van der Waals surface area contributed by atoms with E-state index in [1.54, 1.807) is 0 Å². The number of hydrogen-bond donors (Lipinski definition) is 0.